The fourth-order valence-corrected chi connectivity index (χ4v) is 4.05. The molecule has 0 saturated carbocycles. The van der Waals surface area contributed by atoms with Crippen molar-refractivity contribution in [2.45, 2.75) is 9.79 Å². The summed E-state index contributed by atoms with van der Waals surface area (Å²) in [6, 6.07) is 23.3. The highest BCUT2D eigenvalue weighted by atomic mass is 35.5. The fourth-order valence-electron chi connectivity index (χ4n) is 2.65. The number of rotatable bonds is 3. The fraction of sp³-hybridized carbons (Fsp3) is 0. The highest BCUT2D eigenvalue weighted by Gasteiger charge is 2.12. The lowest BCUT2D eigenvalue weighted by Gasteiger charge is -2.11. The van der Waals surface area contributed by atoms with Gasteiger partial charge in [0, 0.05) is 35.8 Å². The molecule has 0 unspecified atom stereocenters. The molecule has 0 aliphatic carbocycles. The molecule has 0 spiro atoms. The average Bonchev–Trinajstić information content (AvgIpc) is 2.64. The van der Waals surface area contributed by atoms with Crippen molar-refractivity contribution in [3.8, 4) is 11.3 Å². The lowest BCUT2D eigenvalue weighted by Crippen LogP contribution is -1.90. The molecule has 0 radical (unpaired) electrons. The normalized spacial score (nSPS) is 11.0. The van der Waals surface area contributed by atoms with Gasteiger partial charge in [-0.1, -0.05) is 58.7 Å². The summed E-state index contributed by atoms with van der Waals surface area (Å²) in [5, 5.41) is 3.12. The lowest BCUT2D eigenvalue weighted by atomic mass is 10.1. The first kappa shape index (κ1) is 17.7. The predicted molar refractivity (Wildman–Crippen MR) is 113 cm³/mol. The van der Waals surface area contributed by atoms with Gasteiger partial charge in [-0.3, -0.25) is 0 Å². The molecular formula is C21H12Cl3NS. The number of nitrogens with zero attached hydrogens (tertiary/aromatic N) is 1. The van der Waals surface area contributed by atoms with E-state index in [1.165, 1.54) is 0 Å². The van der Waals surface area contributed by atoms with Crippen molar-refractivity contribution < 1.29 is 0 Å². The minimum absolute atomic E-state index is 0.695. The van der Waals surface area contributed by atoms with Gasteiger partial charge < -0.3 is 0 Å². The highest BCUT2D eigenvalue weighted by Crippen LogP contribution is 2.38. The summed E-state index contributed by atoms with van der Waals surface area (Å²) in [5.41, 5.74) is 2.83. The molecule has 4 aromatic rings. The Morgan fingerprint density at radius 2 is 1.27 bits per heavy atom. The van der Waals surface area contributed by atoms with E-state index in [0.29, 0.717) is 10.0 Å². The average molecular weight is 417 g/mol. The summed E-state index contributed by atoms with van der Waals surface area (Å²) in [7, 11) is 0. The second-order valence-electron chi connectivity index (χ2n) is 5.74. The Morgan fingerprint density at radius 3 is 1.96 bits per heavy atom. The van der Waals surface area contributed by atoms with Gasteiger partial charge in [0.15, 0.2) is 0 Å². The highest BCUT2D eigenvalue weighted by molar-refractivity contribution is 7.99. The van der Waals surface area contributed by atoms with Gasteiger partial charge >= 0.3 is 0 Å². The van der Waals surface area contributed by atoms with E-state index >= 15 is 0 Å². The zero-order valence-corrected chi connectivity index (χ0v) is 16.5. The Labute approximate surface area is 170 Å². The van der Waals surface area contributed by atoms with E-state index in [2.05, 4.69) is 6.07 Å². The van der Waals surface area contributed by atoms with Crippen LogP contribution in [-0.2, 0) is 0 Å². The molecule has 1 heterocycles. The van der Waals surface area contributed by atoms with Gasteiger partial charge in [0.05, 0.1) is 11.2 Å². The van der Waals surface area contributed by atoms with E-state index < -0.39 is 0 Å². The molecule has 26 heavy (non-hydrogen) atoms. The monoisotopic (exact) mass is 415 g/mol. The number of hydrogen-bond donors (Lipinski definition) is 0. The first-order valence-electron chi connectivity index (χ1n) is 7.88. The minimum atomic E-state index is 0.695. The molecule has 3 aromatic carbocycles. The van der Waals surface area contributed by atoms with Crippen molar-refractivity contribution in [1.82, 2.24) is 4.98 Å². The Balaban J connectivity index is 1.87. The largest absolute Gasteiger partial charge is 0.247 e. The van der Waals surface area contributed by atoms with Crippen molar-refractivity contribution in [3.63, 3.8) is 0 Å². The van der Waals surface area contributed by atoms with Crippen molar-refractivity contribution in [3.05, 3.63) is 87.9 Å². The zero-order chi connectivity index (χ0) is 18.1. The molecule has 0 saturated heterocycles. The van der Waals surface area contributed by atoms with Gasteiger partial charge in [0.1, 0.15) is 0 Å². The van der Waals surface area contributed by atoms with E-state index in [1.54, 1.807) is 11.8 Å². The molecule has 1 aromatic heterocycles. The van der Waals surface area contributed by atoms with E-state index in [4.69, 9.17) is 39.8 Å². The molecule has 0 atom stereocenters. The van der Waals surface area contributed by atoms with Crippen molar-refractivity contribution in [2.24, 2.45) is 0 Å². The number of benzene rings is 3. The van der Waals surface area contributed by atoms with Crippen molar-refractivity contribution in [1.29, 1.82) is 0 Å². The van der Waals surface area contributed by atoms with Crippen molar-refractivity contribution in [2.75, 3.05) is 0 Å². The molecule has 0 fully saturated rings. The number of hydrogen-bond acceptors (Lipinski definition) is 2. The Hall–Kier alpha value is -1.71. The summed E-state index contributed by atoms with van der Waals surface area (Å²) < 4.78 is 0. The van der Waals surface area contributed by atoms with Crippen LogP contribution >= 0.6 is 46.6 Å². The topological polar surface area (TPSA) is 12.9 Å². The predicted octanol–water partition coefficient (Wildman–Crippen LogP) is 8.01. The number of halogens is 3. The number of aromatic nitrogens is 1. The van der Waals surface area contributed by atoms with Crippen LogP contribution in [0.2, 0.25) is 15.1 Å². The first-order chi connectivity index (χ1) is 12.6. The Bertz CT molecular complexity index is 1080. The maximum atomic E-state index is 6.16. The lowest BCUT2D eigenvalue weighted by molar-refractivity contribution is 1.29. The summed E-state index contributed by atoms with van der Waals surface area (Å²) >= 11 is 19.9. The molecule has 0 aliphatic rings. The maximum Gasteiger partial charge on any atom is 0.0849 e. The second kappa shape index (κ2) is 7.50. The summed E-state index contributed by atoms with van der Waals surface area (Å²) in [6.07, 6.45) is 0. The standard InChI is InChI=1S/C21H12Cl3NS/c22-15-3-1-13(2-4-15)21-20(26-18-8-5-16(23)6-9-18)12-14-11-17(24)7-10-19(14)25-21/h1-12H. The van der Waals surface area contributed by atoms with Gasteiger partial charge in [0.25, 0.3) is 0 Å². The van der Waals surface area contributed by atoms with Gasteiger partial charge in [-0.25, -0.2) is 4.98 Å². The molecule has 128 valence electrons. The molecule has 5 heteroatoms. The third-order valence-electron chi connectivity index (χ3n) is 3.90. The molecular weight excluding hydrogens is 405 g/mol. The van der Waals surface area contributed by atoms with Gasteiger partial charge in [-0.2, -0.15) is 0 Å². The van der Waals surface area contributed by atoms with E-state index in [1.807, 2.05) is 66.7 Å². The van der Waals surface area contributed by atoms with E-state index in [-0.39, 0.29) is 0 Å². The molecule has 0 bridgehead atoms. The zero-order valence-electron chi connectivity index (χ0n) is 13.4. The number of fused-ring (bicyclic) bond motifs is 1. The summed E-state index contributed by atoms with van der Waals surface area (Å²) in [6.45, 7) is 0. The van der Waals surface area contributed by atoms with Gasteiger partial charge in [0.2, 0.25) is 0 Å². The van der Waals surface area contributed by atoms with Crippen LogP contribution in [0.25, 0.3) is 22.2 Å². The number of pyridine rings is 1. The molecule has 1 nitrogen and oxygen atoms in total. The van der Waals surface area contributed by atoms with Gasteiger partial charge in [-0.15, -0.1) is 0 Å². The maximum absolute atomic E-state index is 6.16. The molecule has 4 rings (SSSR count). The third kappa shape index (κ3) is 3.84. The SMILES string of the molecule is Clc1ccc(Sc2cc3cc(Cl)ccc3nc2-c2ccc(Cl)cc2)cc1. The van der Waals surface area contributed by atoms with Gasteiger partial charge in [-0.05, 0) is 60.7 Å². The van der Waals surface area contributed by atoms with Crippen LogP contribution in [-0.4, -0.2) is 4.98 Å². The summed E-state index contributed by atoms with van der Waals surface area (Å²) in [5.74, 6) is 0. The molecule has 0 aliphatic heterocycles. The minimum Gasteiger partial charge on any atom is -0.247 e. The van der Waals surface area contributed by atoms with Crippen molar-refractivity contribution >= 4 is 57.5 Å². The first-order valence-corrected chi connectivity index (χ1v) is 9.83. The third-order valence-corrected chi connectivity index (χ3v) is 5.68. The smallest absolute Gasteiger partial charge is 0.0849 e. The van der Waals surface area contributed by atoms with Crippen LogP contribution in [0.1, 0.15) is 0 Å². The summed E-state index contributed by atoms with van der Waals surface area (Å²) in [4.78, 5) is 7.02. The second-order valence-corrected chi connectivity index (χ2v) is 8.16. The van der Waals surface area contributed by atoms with Crippen LogP contribution in [0, 0.1) is 0 Å². The quantitative estimate of drug-likeness (QED) is 0.335. The van der Waals surface area contributed by atoms with Crippen LogP contribution < -0.4 is 0 Å². The Morgan fingerprint density at radius 1 is 0.654 bits per heavy atom. The van der Waals surface area contributed by atoms with Crippen LogP contribution in [0.15, 0.2) is 82.6 Å². The van der Waals surface area contributed by atoms with Crippen LogP contribution in [0.5, 0.6) is 0 Å². The van der Waals surface area contributed by atoms with Crippen LogP contribution in [0.3, 0.4) is 0 Å². The van der Waals surface area contributed by atoms with E-state index in [9.17, 15) is 0 Å². The molecule has 0 amide bonds. The van der Waals surface area contributed by atoms with E-state index in [0.717, 1.165) is 37.0 Å². The molecule has 0 N–H and O–H groups in total. The Kier molecular flexibility index (Phi) is 5.10. The van der Waals surface area contributed by atoms with Crippen LogP contribution in [0.4, 0.5) is 0 Å².